The molecule has 0 bridgehead atoms. The van der Waals surface area contributed by atoms with E-state index in [0.29, 0.717) is 28.1 Å². The monoisotopic (exact) mass is 348 g/mol. The summed E-state index contributed by atoms with van der Waals surface area (Å²) >= 11 is 6.09. The fraction of sp³-hybridized carbons (Fsp3) is 0.353. The lowest BCUT2D eigenvalue weighted by Crippen LogP contribution is -2.16. The molecule has 2 rings (SSSR count). The van der Waals surface area contributed by atoms with Crippen molar-refractivity contribution in [3.8, 4) is 5.75 Å². The summed E-state index contributed by atoms with van der Waals surface area (Å²) in [5.74, 6) is 1.32. The zero-order valence-corrected chi connectivity index (χ0v) is 15.0. The van der Waals surface area contributed by atoms with E-state index in [1.807, 2.05) is 6.92 Å². The molecule has 0 aliphatic rings. The minimum atomic E-state index is -0.333. The number of benzene rings is 1. The number of hydrogen-bond acceptors (Lipinski definition) is 5. The van der Waals surface area contributed by atoms with Gasteiger partial charge in [0.2, 0.25) is 0 Å². The number of aryl methyl sites for hydroxylation is 2. The minimum absolute atomic E-state index is 0.288. The Kier molecular flexibility index (Phi) is 5.98. The molecule has 0 spiro atoms. The Balaban J connectivity index is 2.27. The Bertz CT molecular complexity index is 750. The Morgan fingerprint density at radius 2 is 2.00 bits per heavy atom. The highest BCUT2D eigenvalue weighted by Crippen LogP contribution is 2.31. The Hall–Kier alpha value is -2.34. The number of halogens is 1. The van der Waals surface area contributed by atoms with Gasteiger partial charge in [-0.2, -0.15) is 0 Å². The third-order valence-corrected chi connectivity index (χ3v) is 3.76. The predicted molar refractivity (Wildman–Crippen MR) is 96.2 cm³/mol. The van der Waals surface area contributed by atoms with Crippen molar-refractivity contribution in [2.75, 3.05) is 24.3 Å². The first kappa shape index (κ1) is 18.0. The van der Waals surface area contributed by atoms with E-state index >= 15 is 0 Å². The Labute approximate surface area is 146 Å². The van der Waals surface area contributed by atoms with Crippen molar-refractivity contribution in [3.05, 3.63) is 40.3 Å². The Morgan fingerprint density at radius 3 is 2.67 bits per heavy atom. The summed E-state index contributed by atoms with van der Waals surface area (Å²) in [4.78, 5) is 21.0. The van der Waals surface area contributed by atoms with Crippen molar-refractivity contribution >= 4 is 29.0 Å². The molecule has 24 heavy (non-hydrogen) atoms. The molecule has 1 heterocycles. The standard InChI is InChI=1S/C17H21ClN4O2/c1-5-6-19-16-9-14(20-11(3)21-16)17(23)22-13-7-10(2)12(18)8-15(13)24-4/h7-9H,5-6H2,1-4H3,(H,22,23)(H,19,20,21). The van der Waals surface area contributed by atoms with Crippen LogP contribution >= 0.6 is 11.6 Å². The second kappa shape index (κ2) is 7.97. The largest absolute Gasteiger partial charge is 0.495 e. The van der Waals surface area contributed by atoms with E-state index in [9.17, 15) is 4.79 Å². The van der Waals surface area contributed by atoms with Crippen LogP contribution in [0.4, 0.5) is 11.5 Å². The molecule has 6 nitrogen and oxygen atoms in total. The van der Waals surface area contributed by atoms with Crippen molar-refractivity contribution in [2.24, 2.45) is 0 Å². The normalized spacial score (nSPS) is 10.4. The van der Waals surface area contributed by atoms with Crippen LogP contribution in [0.1, 0.15) is 35.2 Å². The van der Waals surface area contributed by atoms with Gasteiger partial charge in [-0.1, -0.05) is 18.5 Å². The molecule has 0 saturated carbocycles. The third kappa shape index (κ3) is 4.35. The molecule has 0 unspecified atom stereocenters. The van der Waals surface area contributed by atoms with Crippen LogP contribution in [0.2, 0.25) is 5.02 Å². The summed E-state index contributed by atoms with van der Waals surface area (Å²) in [6.07, 6.45) is 0.964. The van der Waals surface area contributed by atoms with E-state index in [4.69, 9.17) is 16.3 Å². The van der Waals surface area contributed by atoms with Gasteiger partial charge < -0.3 is 15.4 Å². The number of anilines is 2. The van der Waals surface area contributed by atoms with E-state index in [0.717, 1.165) is 18.5 Å². The number of carbonyl (C=O) groups excluding carboxylic acids is 1. The highest BCUT2D eigenvalue weighted by atomic mass is 35.5. The number of methoxy groups -OCH3 is 1. The molecular formula is C17H21ClN4O2. The molecule has 2 N–H and O–H groups in total. The lowest BCUT2D eigenvalue weighted by Gasteiger charge is -2.13. The molecule has 2 aromatic rings. The van der Waals surface area contributed by atoms with Gasteiger partial charge in [0.25, 0.3) is 5.91 Å². The minimum Gasteiger partial charge on any atom is -0.495 e. The van der Waals surface area contributed by atoms with Crippen molar-refractivity contribution < 1.29 is 9.53 Å². The van der Waals surface area contributed by atoms with Gasteiger partial charge in [-0.05, 0) is 31.9 Å². The van der Waals surface area contributed by atoms with Crippen molar-refractivity contribution in [2.45, 2.75) is 27.2 Å². The van der Waals surface area contributed by atoms with Crippen LogP contribution in [-0.2, 0) is 0 Å². The average Bonchev–Trinajstić information content (AvgIpc) is 2.55. The lowest BCUT2D eigenvalue weighted by atomic mass is 10.2. The maximum atomic E-state index is 12.5. The first-order chi connectivity index (χ1) is 11.4. The number of amides is 1. The summed E-state index contributed by atoms with van der Waals surface area (Å²) in [6.45, 7) is 6.45. The van der Waals surface area contributed by atoms with Gasteiger partial charge >= 0.3 is 0 Å². The molecule has 1 amide bonds. The number of nitrogens with one attached hydrogen (secondary N) is 2. The number of nitrogens with zero attached hydrogens (tertiary/aromatic N) is 2. The molecule has 0 fully saturated rings. The summed E-state index contributed by atoms with van der Waals surface area (Å²) in [5, 5.41) is 6.55. The van der Waals surface area contributed by atoms with E-state index < -0.39 is 0 Å². The second-order valence-electron chi connectivity index (χ2n) is 5.37. The number of hydrogen-bond donors (Lipinski definition) is 2. The number of ether oxygens (including phenoxy) is 1. The molecule has 0 aliphatic carbocycles. The molecule has 0 saturated heterocycles. The SMILES string of the molecule is CCCNc1cc(C(=O)Nc2cc(C)c(Cl)cc2OC)nc(C)n1. The van der Waals surface area contributed by atoms with Crippen LogP contribution in [0.15, 0.2) is 18.2 Å². The maximum Gasteiger partial charge on any atom is 0.274 e. The average molecular weight is 349 g/mol. The number of carbonyl (C=O) groups is 1. The van der Waals surface area contributed by atoms with Crippen LogP contribution in [0.3, 0.4) is 0 Å². The molecule has 0 radical (unpaired) electrons. The van der Waals surface area contributed by atoms with Crippen LogP contribution in [0.5, 0.6) is 5.75 Å². The molecular weight excluding hydrogens is 328 g/mol. The Morgan fingerprint density at radius 1 is 1.25 bits per heavy atom. The van der Waals surface area contributed by atoms with Gasteiger partial charge in [-0.15, -0.1) is 0 Å². The van der Waals surface area contributed by atoms with Gasteiger partial charge in [-0.25, -0.2) is 9.97 Å². The zero-order chi connectivity index (χ0) is 17.7. The van der Waals surface area contributed by atoms with Gasteiger partial charge in [0.15, 0.2) is 0 Å². The quantitative estimate of drug-likeness (QED) is 0.829. The summed E-state index contributed by atoms with van der Waals surface area (Å²) < 4.78 is 5.27. The van der Waals surface area contributed by atoms with Gasteiger partial charge in [0.05, 0.1) is 12.8 Å². The molecule has 0 aliphatic heterocycles. The smallest absolute Gasteiger partial charge is 0.274 e. The van der Waals surface area contributed by atoms with Crippen molar-refractivity contribution in [1.82, 2.24) is 9.97 Å². The highest BCUT2D eigenvalue weighted by Gasteiger charge is 2.14. The van der Waals surface area contributed by atoms with Crippen molar-refractivity contribution in [3.63, 3.8) is 0 Å². The van der Waals surface area contributed by atoms with E-state index in [1.54, 1.807) is 25.1 Å². The first-order valence-corrected chi connectivity index (χ1v) is 8.07. The second-order valence-corrected chi connectivity index (χ2v) is 5.78. The fourth-order valence-corrected chi connectivity index (χ4v) is 2.30. The van der Waals surface area contributed by atoms with E-state index in [-0.39, 0.29) is 11.6 Å². The van der Waals surface area contributed by atoms with Crippen LogP contribution in [0.25, 0.3) is 0 Å². The van der Waals surface area contributed by atoms with Crippen LogP contribution in [0, 0.1) is 13.8 Å². The number of rotatable bonds is 6. The van der Waals surface area contributed by atoms with Crippen LogP contribution in [-0.4, -0.2) is 29.5 Å². The number of aromatic nitrogens is 2. The molecule has 0 atom stereocenters. The highest BCUT2D eigenvalue weighted by molar-refractivity contribution is 6.31. The van der Waals surface area contributed by atoms with Crippen molar-refractivity contribution in [1.29, 1.82) is 0 Å². The molecule has 7 heteroatoms. The fourth-order valence-electron chi connectivity index (χ4n) is 2.14. The van der Waals surface area contributed by atoms with Gasteiger partial charge in [0, 0.05) is 23.7 Å². The lowest BCUT2D eigenvalue weighted by molar-refractivity contribution is 0.102. The van der Waals surface area contributed by atoms with Crippen LogP contribution < -0.4 is 15.4 Å². The van der Waals surface area contributed by atoms with E-state index in [2.05, 4.69) is 27.5 Å². The summed E-state index contributed by atoms with van der Waals surface area (Å²) in [6, 6.07) is 5.07. The molecule has 128 valence electrons. The third-order valence-electron chi connectivity index (χ3n) is 3.36. The van der Waals surface area contributed by atoms with Gasteiger partial charge in [0.1, 0.15) is 23.1 Å². The maximum absolute atomic E-state index is 12.5. The van der Waals surface area contributed by atoms with E-state index in [1.165, 1.54) is 7.11 Å². The topological polar surface area (TPSA) is 76.1 Å². The first-order valence-electron chi connectivity index (χ1n) is 7.69. The summed E-state index contributed by atoms with van der Waals surface area (Å²) in [7, 11) is 1.53. The predicted octanol–water partition coefficient (Wildman–Crippen LogP) is 3.83. The van der Waals surface area contributed by atoms with Gasteiger partial charge in [-0.3, -0.25) is 4.79 Å². The molecule has 1 aromatic heterocycles. The zero-order valence-electron chi connectivity index (χ0n) is 14.2. The molecule has 1 aromatic carbocycles. The summed E-state index contributed by atoms with van der Waals surface area (Å²) in [5.41, 5.74) is 1.68.